The zero-order chi connectivity index (χ0) is 48.6. The molecule has 68 heavy (non-hydrogen) atoms. The molecule has 0 aliphatic carbocycles. The second-order valence-corrected chi connectivity index (χ2v) is 17.0. The van der Waals surface area contributed by atoms with Crippen LogP contribution in [0.15, 0.2) is 113 Å². The third-order valence-corrected chi connectivity index (χ3v) is 9.11. The summed E-state index contributed by atoms with van der Waals surface area (Å²) in [5.41, 5.74) is 8.78. The minimum Gasteiger partial charge on any atom is -0.459 e. The summed E-state index contributed by atoms with van der Waals surface area (Å²) in [4.78, 5) is 59.8. The number of fused-ring (bicyclic) bond motifs is 3. The third kappa shape index (κ3) is 13.7. The van der Waals surface area contributed by atoms with Crippen molar-refractivity contribution in [2.24, 2.45) is 19.8 Å². The van der Waals surface area contributed by atoms with Crippen LogP contribution in [0.3, 0.4) is 0 Å². The van der Waals surface area contributed by atoms with E-state index in [2.05, 4.69) is 37.2 Å². The summed E-state index contributed by atoms with van der Waals surface area (Å²) < 4.78 is 30.3. The largest absolute Gasteiger partial charge is 0.459 e. The highest BCUT2D eigenvalue weighted by atomic mass is 35.5. The molecule has 0 saturated heterocycles. The first-order valence-electron chi connectivity index (χ1n) is 20.7. The number of hydrogen-bond acceptors (Lipinski definition) is 15. The number of alkyl carbamates (subject to hydrolysis) is 2. The molecule has 0 saturated carbocycles. The number of carbonyl (C=O) groups excluding carboxylic acids is 2. The number of ether oxygens (including phenoxy) is 2. The van der Waals surface area contributed by atoms with Crippen molar-refractivity contribution in [1.29, 1.82) is 0 Å². The molecule has 0 atom stereocenters. The van der Waals surface area contributed by atoms with E-state index in [-0.39, 0.29) is 48.3 Å². The molecule has 20 heteroatoms. The molecule has 0 fully saturated rings. The lowest BCUT2D eigenvalue weighted by Gasteiger charge is -2.19. The highest BCUT2D eigenvalue weighted by Gasteiger charge is 2.18. The van der Waals surface area contributed by atoms with Crippen molar-refractivity contribution in [1.82, 2.24) is 40.6 Å². The van der Waals surface area contributed by atoms with Crippen LogP contribution in [-0.2, 0) is 43.2 Å². The van der Waals surface area contributed by atoms with E-state index < -0.39 is 23.4 Å². The van der Waals surface area contributed by atoms with Gasteiger partial charge in [0.15, 0.2) is 16.3 Å². The zero-order valence-electron chi connectivity index (χ0n) is 38.5. The maximum absolute atomic E-state index is 12.4. The summed E-state index contributed by atoms with van der Waals surface area (Å²) >= 11 is 0. The molecule has 19 nitrogen and oxygen atoms in total. The summed E-state index contributed by atoms with van der Waals surface area (Å²) in [5, 5.41) is 22.3. The zero-order valence-corrected chi connectivity index (χ0v) is 39.3. The lowest BCUT2D eigenvalue weighted by atomic mass is 10.1. The van der Waals surface area contributed by atoms with Crippen LogP contribution in [0.2, 0.25) is 0 Å². The van der Waals surface area contributed by atoms with Gasteiger partial charge in [0.2, 0.25) is 0 Å². The Balaban J connectivity index is 0.000000191. The minimum absolute atomic E-state index is 0. The van der Waals surface area contributed by atoms with Gasteiger partial charge < -0.3 is 39.1 Å². The standard InChI is InChI=1S/C18H20N4O4.C17H17NO4.C13H12N4O2.ClH/c1-18(2,3)26-17(24)19-9-12-8-15(23)13-7-11(5-6-16(13)25-12)14-10-22(4)21-20-14;1-5-11-6-7-15-13(8-11)14(19)9-12(21-15)10-18-16(20)22-17(2,3)4;1-17-7-11(15-16-17)8-2-3-13-10(4-8)12(18)5-9(6-14)19-13;/h5-8,10H,9H2,1-4H3,(H,19,24);1,6-9H,10H2,2-4H3,(H,18,20);2-5,7H,6,14H2,1H3;1H. The molecule has 4 N–H and O–H groups in total. The van der Waals surface area contributed by atoms with E-state index in [9.17, 15) is 24.0 Å². The minimum atomic E-state index is -0.592. The Morgan fingerprint density at radius 3 is 1.38 bits per heavy atom. The molecule has 2 amide bonds. The Morgan fingerprint density at radius 2 is 1.01 bits per heavy atom. The van der Waals surface area contributed by atoms with Gasteiger partial charge in [-0.25, -0.2) is 9.59 Å². The van der Waals surface area contributed by atoms with Crippen LogP contribution in [0.1, 0.15) is 64.4 Å². The number of halogens is 1. The molecule has 5 heterocycles. The number of nitrogens with zero attached hydrogens (tertiary/aromatic N) is 6. The molecule has 3 aromatic carbocycles. The van der Waals surface area contributed by atoms with Gasteiger partial charge in [-0.15, -0.1) is 29.0 Å². The van der Waals surface area contributed by atoms with E-state index in [0.717, 1.165) is 11.1 Å². The molecular formula is C48H50ClN9O10. The Hall–Kier alpha value is -8.08. The van der Waals surface area contributed by atoms with E-state index in [1.165, 1.54) is 18.2 Å². The van der Waals surface area contributed by atoms with Gasteiger partial charge in [0.1, 0.15) is 56.6 Å². The van der Waals surface area contributed by atoms with Gasteiger partial charge in [-0.2, -0.15) is 0 Å². The van der Waals surface area contributed by atoms with Gasteiger partial charge in [-0.05, 0) is 96.1 Å². The van der Waals surface area contributed by atoms with E-state index >= 15 is 0 Å². The topological polar surface area (TPSA) is 255 Å². The predicted molar refractivity (Wildman–Crippen MR) is 257 cm³/mol. The highest BCUT2D eigenvalue weighted by molar-refractivity contribution is 5.85. The predicted octanol–water partition coefficient (Wildman–Crippen LogP) is 6.88. The van der Waals surface area contributed by atoms with Gasteiger partial charge in [-0.1, -0.05) is 16.3 Å². The van der Waals surface area contributed by atoms with Crippen molar-refractivity contribution in [3.05, 3.63) is 139 Å². The molecule has 5 aromatic heterocycles. The number of nitrogens with two attached hydrogens (primary N) is 1. The molecule has 0 unspecified atom stereocenters. The summed E-state index contributed by atoms with van der Waals surface area (Å²) in [6.07, 6.45) is 7.72. The van der Waals surface area contributed by atoms with Crippen molar-refractivity contribution >= 4 is 57.5 Å². The molecule has 0 aliphatic heterocycles. The van der Waals surface area contributed by atoms with Gasteiger partial charge in [-0.3, -0.25) is 23.7 Å². The molecule has 0 aliphatic rings. The summed E-state index contributed by atoms with van der Waals surface area (Å²) in [5.74, 6) is 3.64. The van der Waals surface area contributed by atoms with Crippen LogP contribution >= 0.6 is 12.4 Å². The van der Waals surface area contributed by atoms with Gasteiger partial charge in [0.25, 0.3) is 0 Å². The quantitative estimate of drug-likeness (QED) is 0.138. The number of nitrogens with one attached hydrogen (secondary N) is 2. The van der Waals surface area contributed by atoms with Gasteiger partial charge in [0, 0.05) is 49.0 Å². The number of terminal acetylenes is 1. The first-order valence-corrected chi connectivity index (χ1v) is 20.7. The molecule has 8 rings (SSSR count). The number of amides is 2. The summed E-state index contributed by atoms with van der Waals surface area (Å²) in [7, 11) is 3.56. The van der Waals surface area contributed by atoms with E-state index in [1.807, 2.05) is 6.07 Å². The Bertz CT molecular complexity index is 3330. The van der Waals surface area contributed by atoms with Gasteiger partial charge in [0.05, 0.1) is 48.2 Å². The number of carbonyl (C=O) groups is 2. The molecular weight excluding hydrogens is 898 g/mol. The second kappa shape index (κ2) is 21.5. The second-order valence-electron chi connectivity index (χ2n) is 17.0. The van der Waals surface area contributed by atoms with Crippen molar-refractivity contribution in [2.75, 3.05) is 0 Å². The smallest absolute Gasteiger partial charge is 0.408 e. The highest BCUT2D eigenvalue weighted by Crippen LogP contribution is 2.23. The monoisotopic (exact) mass is 947 g/mol. The first-order chi connectivity index (χ1) is 31.7. The first kappa shape index (κ1) is 50.9. The lowest BCUT2D eigenvalue weighted by molar-refractivity contribution is 0.0509. The molecule has 8 aromatic rings. The number of aromatic nitrogens is 6. The van der Waals surface area contributed by atoms with Crippen LogP contribution in [0, 0.1) is 12.3 Å². The number of hydrogen-bond donors (Lipinski definition) is 3. The maximum Gasteiger partial charge on any atom is 0.408 e. The van der Waals surface area contributed by atoms with E-state index in [0.29, 0.717) is 67.1 Å². The fourth-order valence-corrected chi connectivity index (χ4v) is 6.21. The average molecular weight is 948 g/mol. The number of rotatable bonds is 7. The van der Waals surface area contributed by atoms with Crippen LogP contribution in [0.25, 0.3) is 55.4 Å². The number of aryl methyl sites for hydroxylation is 2. The fraction of sp³-hybridized carbons (Fsp3) is 0.271. The normalized spacial score (nSPS) is 11.1. The average Bonchev–Trinajstić information content (AvgIpc) is 3.91. The van der Waals surface area contributed by atoms with Crippen LogP contribution < -0.4 is 32.7 Å². The molecule has 354 valence electrons. The Kier molecular flexibility index (Phi) is 16.1. The van der Waals surface area contributed by atoms with Crippen molar-refractivity contribution in [3.8, 4) is 34.9 Å². The van der Waals surface area contributed by atoms with Crippen molar-refractivity contribution < 1.29 is 32.3 Å². The summed E-state index contributed by atoms with van der Waals surface area (Å²) in [6, 6.07) is 19.6. The van der Waals surface area contributed by atoms with Crippen LogP contribution in [-0.4, -0.2) is 53.4 Å². The molecule has 0 radical (unpaired) electrons. The molecule has 0 spiro atoms. The lowest BCUT2D eigenvalue weighted by Crippen LogP contribution is -2.32. The number of benzene rings is 3. The van der Waals surface area contributed by atoms with Crippen molar-refractivity contribution in [2.45, 2.75) is 72.4 Å². The third-order valence-electron chi connectivity index (χ3n) is 9.11. The Morgan fingerprint density at radius 1 is 0.632 bits per heavy atom. The Labute approximate surface area is 395 Å². The fourth-order valence-electron chi connectivity index (χ4n) is 6.21. The maximum atomic E-state index is 12.4. The van der Waals surface area contributed by atoms with Crippen molar-refractivity contribution in [3.63, 3.8) is 0 Å². The van der Waals surface area contributed by atoms with Crippen LogP contribution in [0.5, 0.6) is 0 Å². The summed E-state index contributed by atoms with van der Waals surface area (Å²) in [6.45, 7) is 11.0. The SMILES string of the molecule is C#Cc1ccc2oc(CNC(=O)OC(C)(C)C)cc(=O)c2c1.Cl.Cn1cc(-c2ccc3oc(CN)cc(=O)c3c2)nn1.Cn1cc(-c2ccc3oc(CNC(=O)OC(C)(C)C)cc(=O)c3c2)nn1. The van der Waals surface area contributed by atoms with Crippen LogP contribution in [0.4, 0.5) is 9.59 Å². The van der Waals surface area contributed by atoms with Gasteiger partial charge >= 0.3 is 12.2 Å². The van der Waals surface area contributed by atoms with E-state index in [1.54, 1.807) is 126 Å². The molecule has 0 bridgehead atoms. The van der Waals surface area contributed by atoms with E-state index in [4.69, 9.17) is 34.9 Å².